The van der Waals surface area contributed by atoms with Gasteiger partial charge in [0.1, 0.15) is 18.7 Å². The Labute approximate surface area is 159 Å². The van der Waals surface area contributed by atoms with Gasteiger partial charge in [0, 0.05) is 13.1 Å². The van der Waals surface area contributed by atoms with Crippen molar-refractivity contribution in [2.45, 2.75) is 45.2 Å². The first-order valence-electron chi connectivity index (χ1n) is 9.50. The number of carbonyl (C=O) groups is 2. The Bertz CT molecular complexity index is 737. The van der Waals surface area contributed by atoms with Gasteiger partial charge in [-0.1, -0.05) is 44.2 Å². The Balaban J connectivity index is 1.56. The molecule has 3 rings (SSSR count). The molecule has 1 aromatic carbocycles. The van der Waals surface area contributed by atoms with E-state index in [4.69, 9.17) is 0 Å². The molecule has 1 aromatic heterocycles. The van der Waals surface area contributed by atoms with Gasteiger partial charge in [-0.25, -0.2) is 9.67 Å². The molecular formula is C20H27N5O2. The van der Waals surface area contributed by atoms with Gasteiger partial charge in [-0.05, 0) is 24.3 Å². The molecule has 1 fully saturated rings. The number of carbonyl (C=O) groups excluding carboxylic acids is 2. The monoisotopic (exact) mass is 369 g/mol. The highest BCUT2D eigenvalue weighted by Crippen LogP contribution is 2.22. The van der Waals surface area contributed by atoms with E-state index in [2.05, 4.69) is 15.4 Å². The number of nitrogens with zero attached hydrogens (tertiary/aromatic N) is 4. The van der Waals surface area contributed by atoms with Crippen LogP contribution < -0.4 is 5.32 Å². The molecule has 1 atom stereocenters. The van der Waals surface area contributed by atoms with E-state index in [1.807, 2.05) is 53.8 Å². The molecule has 1 N–H and O–H groups in total. The number of piperidine rings is 1. The van der Waals surface area contributed by atoms with E-state index < -0.39 is 6.04 Å². The molecule has 1 aliphatic rings. The van der Waals surface area contributed by atoms with Crippen LogP contribution in [0.3, 0.4) is 0 Å². The zero-order valence-electron chi connectivity index (χ0n) is 15.9. The molecule has 7 nitrogen and oxygen atoms in total. The number of nitrogens with one attached hydrogen (secondary N) is 1. The number of rotatable bonds is 6. The average molecular weight is 369 g/mol. The predicted molar refractivity (Wildman–Crippen MR) is 102 cm³/mol. The first-order valence-corrected chi connectivity index (χ1v) is 9.50. The second-order valence-electron chi connectivity index (χ2n) is 7.38. The lowest BCUT2D eigenvalue weighted by Crippen LogP contribution is -2.53. The zero-order valence-corrected chi connectivity index (χ0v) is 15.9. The molecule has 2 heterocycles. The number of hydrogen-bond donors (Lipinski definition) is 1. The standard InChI is InChI=1S/C20H27N5O2/c1-15(2)19(23-18(26)12-16-6-4-3-5-7-16)20(27)24-10-8-17(9-11-24)25-14-21-13-22-25/h3-7,13-15,17,19H,8-12H2,1-2H3,(H,23,26). The van der Waals surface area contributed by atoms with Crippen molar-refractivity contribution in [1.82, 2.24) is 25.0 Å². The fourth-order valence-electron chi connectivity index (χ4n) is 3.47. The van der Waals surface area contributed by atoms with E-state index in [0.29, 0.717) is 13.1 Å². The van der Waals surface area contributed by atoms with Crippen molar-refractivity contribution in [3.05, 3.63) is 48.5 Å². The van der Waals surface area contributed by atoms with E-state index in [0.717, 1.165) is 18.4 Å². The molecule has 1 aliphatic heterocycles. The summed E-state index contributed by atoms with van der Waals surface area (Å²) >= 11 is 0. The highest BCUT2D eigenvalue weighted by atomic mass is 16.2. The van der Waals surface area contributed by atoms with Crippen LogP contribution in [0.2, 0.25) is 0 Å². The molecule has 2 amide bonds. The van der Waals surface area contributed by atoms with Crippen molar-refractivity contribution in [2.75, 3.05) is 13.1 Å². The lowest BCUT2D eigenvalue weighted by molar-refractivity contribution is -0.138. The minimum Gasteiger partial charge on any atom is -0.344 e. The second-order valence-corrected chi connectivity index (χ2v) is 7.38. The summed E-state index contributed by atoms with van der Waals surface area (Å²) in [6.07, 6.45) is 5.24. The Morgan fingerprint density at radius 1 is 1.19 bits per heavy atom. The summed E-state index contributed by atoms with van der Waals surface area (Å²) in [7, 11) is 0. The van der Waals surface area contributed by atoms with Gasteiger partial charge in [-0.15, -0.1) is 0 Å². The van der Waals surface area contributed by atoms with Crippen LogP contribution in [0.15, 0.2) is 43.0 Å². The Morgan fingerprint density at radius 2 is 1.89 bits per heavy atom. The number of hydrogen-bond acceptors (Lipinski definition) is 4. The summed E-state index contributed by atoms with van der Waals surface area (Å²) in [4.78, 5) is 31.3. The molecule has 0 aliphatic carbocycles. The van der Waals surface area contributed by atoms with Crippen LogP contribution in [0.1, 0.15) is 38.3 Å². The van der Waals surface area contributed by atoms with E-state index in [-0.39, 0.29) is 30.2 Å². The summed E-state index contributed by atoms with van der Waals surface area (Å²) in [6.45, 7) is 5.27. The molecule has 27 heavy (non-hydrogen) atoms. The molecule has 0 bridgehead atoms. The van der Waals surface area contributed by atoms with Gasteiger partial charge < -0.3 is 10.2 Å². The van der Waals surface area contributed by atoms with Crippen molar-refractivity contribution in [3.8, 4) is 0 Å². The summed E-state index contributed by atoms with van der Waals surface area (Å²) in [5.41, 5.74) is 0.943. The Kier molecular flexibility index (Phi) is 6.21. The van der Waals surface area contributed by atoms with Gasteiger partial charge in [0.05, 0.1) is 12.5 Å². The van der Waals surface area contributed by atoms with Crippen molar-refractivity contribution in [1.29, 1.82) is 0 Å². The van der Waals surface area contributed by atoms with Crippen molar-refractivity contribution in [3.63, 3.8) is 0 Å². The van der Waals surface area contributed by atoms with Crippen molar-refractivity contribution >= 4 is 11.8 Å². The number of benzene rings is 1. The van der Waals surface area contributed by atoms with Gasteiger partial charge in [-0.2, -0.15) is 5.10 Å². The maximum atomic E-state index is 13.0. The molecule has 1 unspecified atom stereocenters. The fourth-order valence-corrected chi connectivity index (χ4v) is 3.47. The molecular weight excluding hydrogens is 342 g/mol. The molecule has 144 valence electrons. The molecule has 0 spiro atoms. The maximum absolute atomic E-state index is 13.0. The van der Waals surface area contributed by atoms with E-state index >= 15 is 0 Å². The molecule has 2 aromatic rings. The van der Waals surface area contributed by atoms with E-state index in [1.165, 1.54) is 6.33 Å². The highest BCUT2D eigenvalue weighted by Gasteiger charge is 2.31. The largest absolute Gasteiger partial charge is 0.344 e. The maximum Gasteiger partial charge on any atom is 0.245 e. The topological polar surface area (TPSA) is 80.1 Å². The third kappa shape index (κ3) is 4.93. The summed E-state index contributed by atoms with van der Waals surface area (Å²) in [5.74, 6) is -0.0838. The van der Waals surface area contributed by atoms with Gasteiger partial charge in [-0.3, -0.25) is 9.59 Å². The first kappa shape index (κ1) is 19.1. The van der Waals surface area contributed by atoms with Gasteiger partial charge >= 0.3 is 0 Å². The third-order valence-corrected chi connectivity index (χ3v) is 5.04. The normalized spacial score (nSPS) is 16.3. The van der Waals surface area contributed by atoms with Gasteiger partial charge in [0.2, 0.25) is 11.8 Å². The fraction of sp³-hybridized carbons (Fsp3) is 0.500. The number of likely N-dealkylation sites (tertiary alicyclic amines) is 1. The molecule has 0 radical (unpaired) electrons. The Morgan fingerprint density at radius 3 is 2.48 bits per heavy atom. The van der Waals surface area contributed by atoms with Crippen LogP contribution in [0.25, 0.3) is 0 Å². The quantitative estimate of drug-likeness (QED) is 0.842. The first-order chi connectivity index (χ1) is 13.0. The van der Waals surface area contributed by atoms with Crippen LogP contribution in [0, 0.1) is 5.92 Å². The lowest BCUT2D eigenvalue weighted by Gasteiger charge is -2.35. The van der Waals surface area contributed by atoms with Gasteiger partial charge in [0.15, 0.2) is 0 Å². The molecule has 1 saturated heterocycles. The summed E-state index contributed by atoms with van der Waals surface area (Å²) in [5, 5.41) is 7.14. The van der Waals surface area contributed by atoms with E-state index in [9.17, 15) is 9.59 Å². The highest BCUT2D eigenvalue weighted by molar-refractivity contribution is 5.88. The van der Waals surface area contributed by atoms with Crippen LogP contribution >= 0.6 is 0 Å². The number of aromatic nitrogens is 3. The van der Waals surface area contributed by atoms with Gasteiger partial charge in [0.25, 0.3) is 0 Å². The van der Waals surface area contributed by atoms with Crippen LogP contribution in [0.4, 0.5) is 0 Å². The predicted octanol–water partition coefficient (Wildman–Crippen LogP) is 1.83. The second kappa shape index (κ2) is 8.79. The molecule has 7 heteroatoms. The lowest BCUT2D eigenvalue weighted by atomic mass is 9.99. The third-order valence-electron chi connectivity index (χ3n) is 5.04. The number of amides is 2. The average Bonchev–Trinajstić information content (AvgIpc) is 3.21. The van der Waals surface area contributed by atoms with E-state index in [1.54, 1.807) is 6.33 Å². The zero-order chi connectivity index (χ0) is 19.2. The van der Waals surface area contributed by atoms with Crippen LogP contribution in [-0.4, -0.2) is 50.6 Å². The minimum absolute atomic E-state index is 0.00320. The van der Waals surface area contributed by atoms with Crippen molar-refractivity contribution in [2.24, 2.45) is 5.92 Å². The van der Waals surface area contributed by atoms with Crippen molar-refractivity contribution < 1.29 is 9.59 Å². The summed E-state index contributed by atoms with van der Waals surface area (Å²) < 4.78 is 1.86. The minimum atomic E-state index is -0.496. The van der Waals surface area contributed by atoms with Crippen LogP contribution in [0.5, 0.6) is 0 Å². The van der Waals surface area contributed by atoms with Crippen LogP contribution in [-0.2, 0) is 16.0 Å². The smallest absolute Gasteiger partial charge is 0.245 e. The SMILES string of the molecule is CC(C)C(NC(=O)Cc1ccccc1)C(=O)N1CCC(n2cncn2)CC1. The summed E-state index contributed by atoms with van der Waals surface area (Å²) in [6, 6.07) is 9.36. The Hall–Kier alpha value is -2.70. The molecule has 0 saturated carbocycles.